The van der Waals surface area contributed by atoms with Crippen LogP contribution in [-0.2, 0) is 11.0 Å². The second kappa shape index (κ2) is 8.53. The van der Waals surface area contributed by atoms with E-state index in [-0.39, 0.29) is 6.07 Å². The standard InChI is InChI=1S/C19H16F6N2O4/c1-11(12-5-3-2-4-6-12)10-17(29,19(23,24)25)16(28)26-13-7-8-15(27(30)31)14(9-13)18(20,21)22/h2-9,11,29H,10H2,1H3,(H,26,28)/t11-,17+/m1/s1. The maximum absolute atomic E-state index is 13.6. The van der Waals surface area contributed by atoms with E-state index in [1.807, 2.05) is 0 Å². The number of nitro benzene ring substituents is 1. The summed E-state index contributed by atoms with van der Waals surface area (Å²) in [5, 5.41) is 22.6. The Morgan fingerprint density at radius 1 is 1.10 bits per heavy atom. The van der Waals surface area contributed by atoms with Gasteiger partial charge in [-0.2, -0.15) is 26.3 Å². The molecular weight excluding hydrogens is 434 g/mol. The molecule has 2 rings (SSSR count). The third-order valence-corrected chi connectivity index (χ3v) is 4.57. The Kier molecular flexibility index (Phi) is 6.64. The van der Waals surface area contributed by atoms with Crippen molar-refractivity contribution in [3.8, 4) is 0 Å². The summed E-state index contributed by atoms with van der Waals surface area (Å²) in [6, 6.07) is 8.87. The molecule has 2 aromatic carbocycles. The molecule has 168 valence electrons. The molecule has 0 aromatic heterocycles. The summed E-state index contributed by atoms with van der Waals surface area (Å²) in [6.07, 6.45) is -11.8. The van der Waals surface area contributed by atoms with Crippen LogP contribution in [-0.4, -0.2) is 27.7 Å². The summed E-state index contributed by atoms with van der Waals surface area (Å²) >= 11 is 0. The maximum atomic E-state index is 13.6. The van der Waals surface area contributed by atoms with Crippen molar-refractivity contribution in [1.82, 2.24) is 0 Å². The molecule has 0 bridgehead atoms. The summed E-state index contributed by atoms with van der Waals surface area (Å²) in [6.45, 7) is 1.34. The maximum Gasteiger partial charge on any atom is 0.426 e. The van der Waals surface area contributed by atoms with Crippen molar-refractivity contribution in [3.05, 3.63) is 69.8 Å². The van der Waals surface area contributed by atoms with E-state index in [0.717, 1.165) is 0 Å². The number of rotatable bonds is 6. The zero-order chi connectivity index (χ0) is 23.6. The van der Waals surface area contributed by atoms with E-state index in [1.54, 1.807) is 23.5 Å². The number of carbonyl (C=O) groups is 1. The summed E-state index contributed by atoms with van der Waals surface area (Å²) in [4.78, 5) is 21.8. The fraction of sp³-hybridized carbons (Fsp3) is 0.316. The number of carbonyl (C=O) groups excluding carboxylic acids is 1. The van der Waals surface area contributed by atoms with Crippen LogP contribution < -0.4 is 5.32 Å². The number of amides is 1. The van der Waals surface area contributed by atoms with Gasteiger partial charge in [0, 0.05) is 18.2 Å². The predicted molar refractivity (Wildman–Crippen MR) is 97.2 cm³/mol. The van der Waals surface area contributed by atoms with E-state index in [9.17, 15) is 46.4 Å². The predicted octanol–water partition coefficient (Wildman–Crippen LogP) is 5.04. The molecule has 6 nitrogen and oxygen atoms in total. The Morgan fingerprint density at radius 3 is 2.16 bits per heavy atom. The van der Waals surface area contributed by atoms with Crippen LogP contribution in [0.5, 0.6) is 0 Å². The molecule has 2 N–H and O–H groups in total. The number of nitrogens with one attached hydrogen (secondary N) is 1. The number of anilines is 1. The first kappa shape index (κ1) is 24.1. The van der Waals surface area contributed by atoms with Gasteiger partial charge in [0.05, 0.1) is 4.92 Å². The van der Waals surface area contributed by atoms with Crippen LogP contribution in [0, 0.1) is 10.1 Å². The number of aliphatic hydroxyl groups is 1. The minimum Gasteiger partial charge on any atom is -0.373 e. The molecule has 0 heterocycles. The average molecular weight is 450 g/mol. The largest absolute Gasteiger partial charge is 0.426 e. The second-order valence-corrected chi connectivity index (χ2v) is 6.81. The quantitative estimate of drug-likeness (QED) is 0.367. The highest BCUT2D eigenvalue weighted by Gasteiger charge is 2.60. The molecule has 0 fully saturated rings. The van der Waals surface area contributed by atoms with E-state index in [4.69, 9.17) is 0 Å². The van der Waals surface area contributed by atoms with Crippen LogP contribution in [0.3, 0.4) is 0 Å². The van der Waals surface area contributed by atoms with Gasteiger partial charge in [0.15, 0.2) is 0 Å². The topological polar surface area (TPSA) is 92.5 Å². The number of nitro groups is 1. The van der Waals surface area contributed by atoms with E-state index in [2.05, 4.69) is 0 Å². The van der Waals surface area contributed by atoms with Crippen LogP contribution >= 0.6 is 0 Å². The molecule has 0 spiro atoms. The fourth-order valence-electron chi connectivity index (χ4n) is 2.91. The number of hydrogen-bond donors (Lipinski definition) is 2. The Balaban J connectivity index is 2.38. The Hall–Kier alpha value is -3.15. The zero-order valence-corrected chi connectivity index (χ0v) is 15.8. The molecule has 0 aliphatic heterocycles. The number of benzene rings is 2. The molecule has 0 aliphatic rings. The first-order valence-corrected chi connectivity index (χ1v) is 8.68. The normalized spacial score (nSPS) is 15.1. The van der Waals surface area contributed by atoms with E-state index < -0.39 is 58.1 Å². The molecule has 0 saturated heterocycles. The highest BCUT2D eigenvalue weighted by molar-refractivity contribution is 5.98. The minimum absolute atomic E-state index is 0.132. The average Bonchev–Trinajstić information content (AvgIpc) is 2.66. The molecule has 12 heteroatoms. The summed E-state index contributed by atoms with van der Waals surface area (Å²) in [5.41, 5.74) is -7.42. The van der Waals surface area contributed by atoms with E-state index in [0.29, 0.717) is 17.7 Å². The zero-order valence-electron chi connectivity index (χ0n) is 15.8. The van der Waals surface area contributed by atoms with Gasteiger partial charge in [-0.3, -0.25) is 14.9 Å². The Bertz CT molecular complexity index is 962. The number of alkyl halides is 6. The van der Waals surface area contributed by atoms with Crippen molar-refractivity contribution in [2.24, 2.45) is 0 Å². The monoisotopic (exact) mass is 450 g/mol. The summed E-state index contributed by atoms with van der Waals surface area (Å²) in [7, 11) is 0. The molecule has 31 heavy (non-hydrogen) atoms. The van der Waals surface area contributed by atoms with Gasteiger partial charge in [-0.1, -0.05) is 37.3 Å². The van der Waals surface area contributed by atoms with Gasteiger partial charge >= 0.3 is 12.4 Å². The molecule has 1 amide bonds. The third kappa shape index (κ3) is 5.32. The smallest absolute Gasteiger partial charge is 0.373 e. The van der Waals surface area contributed by atoms with Crippen LogP contribution in [0.25, 0.3) is 0 Å². The number of hydrogen-bond acceptors (Lipinski definition) is 4. The summed E-state index contributed by atoms with van der Waals surface area (Å²) in [5.74, 6) is -2.95. The van der Waals surface area contributed by atoms with Gasteiger partial charge in [0.25, 0.3) is 11.6 Å². The summed E-state index contributed by atoms with van der Waals surface area (Å²) < 4.78 is 80.0. The van der Waals surface area contributed by atoms with Crippen LogP contribution in [0.4, 0.5) is 37.7 Å². The van der Waals surface area contributed by atoms with E-state index >= 15 is 0 Å². The first-order valence-electron chi connectivity index (χ1n) is 8.68. The van der Waals surface area contributed by atoms with Gasteiger partial charge in [0.2, 0.25) is 5.60 Å². The van der Waals surface area contributed by atoms with Crippen molar-refractivity contribution >= 4 is 17.3 Å². The highest BCUT2D eigenvalue weighted by atomic mass is 19.4. The van der Waals surface area contributed by atoms with Crippen molar-refractivity contribution < 1.29 is 41.2 Å². The van der Waals surface area contributed by atoms with Crippen molar-refractivity contribution in [2.75, 3.05) is 5.32 Å². The molecule has 0 saturated carbocycles. The molecule has 0 aliphatic carbocycles. The lowest BCUT2D eigenvalue weighted by Crippen LogP contribution is -2.55. The lowest BCUT2D eigenvalue weighted by molar-refractivity contribution is -0.388. The molecule has 0 unspecified atom stereocenters. The Morgan fingerprint density at radius 2 is 1.68 bits per heavy atom. The van der Waals surface area contributed by atoms with Crippen LogP contribution in [0.1, 0.15) is 30.4 Å². The molecule has 0 radical (unpaired) electrons. The van der Waals surface area contributed by atoms with Gasteiger partial charge in [-0.15, -0.1) is 0 Å². The van der Waals surface area contributed by atoms with Crippen LogP contribution in [0.2, 0.25) is 0 Å². The number of halogens is 6. The fourth-order valence-corrected chi connectivity index (χ4v) is 2.91. The van der Waals surface area contributed by atoms with Gasteiger partial charge in [0.1, 0.15) is 5.56 Å². The first-order chi connectivity index (χ1) is 14.2. The van der Waals surface area contributed by atoms with Crippen molar-refractivity contribution in [3.63, 3.8) is 0 Å². The van der Waals surface area contributed by atoms with Gasteiger partial charge in [-0.25, -0.2) is 0 Å². The minimum atomic E-state index is -5.45. The van der Waals surface area contributed by atoms with Gasteiger partial charge in [-0.05, 0) is 23.6 Å². The molecular formula is C19H16F6N2O4. The van der Waals surface area contributed by atoms with Crippen LogP contribution in [0.15, 0.2) is 48.5 Å². The Labute approximate surface area is 171 Å². The lowest BCUT2D eigenvalue weighted by Gasteiger charge is -2.31. The van der Waals surface area contributed by atoms with E-state index in [1.165, 1.54) is 19.1 Å². The highest BCUT2D eigenvalue weighted by Crippen LogP contribution is 2.40. The molecule has 2 atom stereocenters. The molecule has 2 aromatic rings. The SMILES string of the molecule is C[C@H](C[C@](O)(C(=O)Nc1ccc([N+](=O)[O-])c(C(F)(F)F)c1)C(F)(F)F)c1ccccc1. The van der Waals surface area contributed by atoms with Crippen molar-refractivity contribution in [2.45, 2.75) is 37.2 Å². The lowest BCUT2D eigenvalue weighted by atomic mass is 9.85. The second-order valence-electron chi connectivity index (χ2n) is 6.81. The van der Waals surface area contributed by atoms with Crippen molar-refractivity contribution in [1.29, 1.82) is 0 Å². The third-order valence-electron chi connectivity index (χ3n) is 4.57. The number of nitrogens with zero attached hydrogens (tertiary/aromatic N) is 1. The van der Waals surface area contributed by atoms with Gasteiger partial charge < -0.3 is 10.4 Å².